The molecule has 1 N–H and O–H groups in total. The minimum absolute atomic E-state index is 0.113. The van der Waals surface area contributed by atoms with E-state index in [0.29, 0.717) is 35.4 Å². The van der Waals surface area contributed by atoms with Gasteiger partial charge in [0.05, 0.1) is 31.0 Å². The maximum Gasteiger partial charge on any atom is 0.0972 e. The first-order valence-electron chi connectivity index (χ1n) is 12.4. The van der Waals surface area contributed by atoms with E-state index in [1.807, 2.05) is 0 Å². The van der Waals surface area contributed by atoms with Crippen LogP contribution in [0.2, 0.25) is 0 Å². The highest BCUT2D eigenvalue weighted by atomic mass is 16.6. The van der Waals surface area contributed by atoms with Crippen molar-refractivity contribution >= 4 is 0 Å². The molecule has 0 amide bonds. The largest absolute Gasteiger partial charge is 0.393 e. The van der Waals surface area contributed by atoms with E-state index in [1.165, 1.54) is 37.7 Å². The van der Waals surface area contributed by atoms with E-state index >= 15 is 0 Å². The number of rotatable bonds is 3. The molecule has 1 heterocycles. The highest BCUT2D eigenvalue weighted by molar-refractivity contribution is 5.20. The first kappa shape index (κ1) is 19.8. The van der Waals surface area contributed by atoms with Gasteiger partial charge in [-0.1, -0.05) is 44.2 Å². The molecule has 1 spiro atoms. The predicted molar refractivity (Wildman–Crippen MR) is 117 cm³/mol. The third kappa shape index (κ3) is 2.74. The lowest BCUT2D eigenvalue weighted by atomic mass is 9.44. The van der Waals surface area contributed by atoms with Gasteiger partial charge in [0.1, 0.15) is 0 Å². The van der Waals surface area contributed by atoms with Crippen molar-refractivity contribution in [3.63, 3.8) is 0 Å². The summed E-state index contributed by atoms with van der Waals surface area (Å²) in [5, 5.41) is 10.5. The molecule has 3 nitrogen and oxygen atoms in total. The Hall–Kier alpha value is -0.900. The number of hydrogen-bond donors (Lipinski definition) is 1. The molecule has 30 heavy (non-hydrogen) atoms. The van der Waals surface area contributed by atoms with Crippen LogP contribution in [0.15, 0.2) is 30.3 Å². The van der Waals surface area contributed by atoms with E-state index in [9.17, 15) is 5.11 Å². The molecule has 6 rings (SSSR count). The summed E-state index contributed by atoms with van der Waals surface area (Å²) in [6.45, 7) is 6.81. The Morgan fingerprint density at radius 3 is 2.53 bits per heavy atom. The van der Waals surface area contributed by atoms with Gasteiger partial charge in [-0.2, -0.15) is 0 Å². The van der Waals surface area contributed by atoms with Gasteiger partial charge in [0.2, 0.25) is 0 Å². The van der Waals surface area contributed by atoms with Gasteiger partial charge in [0.15, 0.2) is 0 Å². The topological polar surface area (TPSA) is 42.0 Å². The summed E-state index contributed by atoms with van der Waals surface area (Å²) in [4.78, 5) is 0. The first-order chi connectivity index (χ1) is 14.5. The monoisotopic (exact) mass is 410 g/mol. The molecule has 3 heteroatoms. The number of hydrogen-bond acceptors (Lipinski definition) is 3. The second-order valence-electron chi connectivity index (χ2n) is 11.8. The number of fused-ring (bicyclic) bond motifs is 6. The van der Waals surface area contributed by atoms with Crippen molar-refractivity contribution in [2.24, 2.45) is 34.5 Å². The highest BCUT2D eigenvalue weighted by Crippen LogP contribution is 2.71. The molecule has 9 atom stereocenters. The fourth-order valence-electron chi connectivity index (χ4n) is 8.78. The summed E-state index contributed by atoms with van der Waals surface area (Å²) in [5.41, 5.74) is 2.17. The fraction of sp³-hybridized carbons (Fsp3) is 0.778. The van der Waals surface area contributed by atoms with Crippen molar-refractivity contribution in [3.05, 3.63) is 35.9 Å². The summed E-state index contributed by atoms with van der Waals surface area (Å²) in [7, 11) is 0. The summed E-state index contributed by atoms with van der Waals surface area (Å²) < 4.78 is 12.9. The van der Waals surface area contributed by atoms with Crippen LogP contribution in [0.4, 0.5) is 0 Å². The molecule has 4 aliphatic carbocycles. The summed E-state index contributed by atoms with van der Waals surface area (Å²) in [6.07, 6.45) is 9.68. The SMILES string of the molecule is C[C@@]12CC[C@H](O)C[C@H]1C[C@@H](OCc1ccccc1)[C@@H]1[C@@H]2CC[C@]2(C)[C@H]1CC[C@]21CO1. The number of ether oxygens (including phenoxy) is 2. The zero-order chi connectivity index (χ0) is 20.6. The van der Waals surface area contributed by atoms with E-state index in [2.05, 4.69) is 44.2 Å². The van der Waals surface area contributed by atoms with Crippen LogP contribution in [-0.4, -0.2) is 29.5 Å². The molecule has 0 bridgehead atoms. The molecule has 5 aliphatic rings. The molecule has 5 fully saturated rings. The molecule has 0 radical (unpaired) electrons. The molecule has 1 aromatic carbocycles. The van der Waals surface area contributed by atoms with Crippen LogP contribution in [0, 0.1) is 34.5 Å². The third-order valence-electron chi connectivity index (χ3n) is 10.7. The van der Waals surface area contributed by atoms with Crippen LogP contribution in [-0.2, 0) is 16.1 Å². The highest BCUT2D eigenvalue weighted by Gasteiger charge is 2.71. The van der Waals surface area contributed by atoms with Crippen LogP contribution in [0.5, 0.6) is 0 Å². The number of aliphatic hydroxyl groups is 1. The second kappa shape index (κ2) is 6.80. The Morgan fingerprint density at radius 2 is 1.77 bits per heavy atom. The van der Waals surface area contributed by atoms with Gasteiger partial charge in [-0.15, -0.1) is 0 Å². The summed E-state index contributed by atoms with van der Waals surface area (Å²) in [5.74, 6) is 2.70. The number of epoxide rings is 1. The average molecular weight is 411 g/mol. The van der Waals surface area contributed by atoms with Crippen molar-refractivity contribution in [1.29, 1.82) is 0 Å². The Bertz CT molecular complexity index is 789. The van der Waals surface area contributed by atoms with Crippen molar-refractivity contribution in [3.8, 4) is 0 Å². The van der Waals surface area contributed by atoms with Crippen LogP contribution in [0.1, 0.15) is 70.8 Å². The van der Waals surface area contributed by atoms with Crippen LogP contribution >= 0.6 is 0 Å². The zero-order valence-electron chi connectivity index (χ0n) is 18.7. The molecular formula is C27H38O3. The Morgan fingerprint density at radius 1 is 1.00 bits per heavy atom. The lowest BCUT2D eigenvalue weighted by Crippen LogP contribution is -2.59. The van der Waals surface area contributed by atoms with Crippen molar-refractivity contribution in [2.45, 2.75) is 89.6 Å². The van der Waals surface area contributed by atoms with Gasteiger partial charge < -0.3 is 14.6 Å². The third-order valence-corrected chi connectivity index (χ3v) is 10.7. The maximum absolute atomic E-state index is 10.5. The average Bonchev–Trinajstić information content (AvgIpc) is 3.48. The van der Waals surface area contributed by atoms with E-state index < -0.39 is 0 Å². The standard InChI is InChI=1S/C27H38O3/c1-25-11-8-20(28)14-19(25)15-23(29-16-18-6-4-3-5-7-18)24-21(25)9-12-26(2)22(24)10-13-27(26)17-30-27/h3-7,19-24,28H,8-17H2,1-2H3/t19-,20-,21-,22-,23+,24+,25+,26+,27-/m0/s1. The van der Waals surface area contributed by atoms with Gasteiger partial charge in [0.25, 0.3) is 0 Å². The van der Waals surface area contributed by atoms with E-state index in [-0.39, 0.29) is 11.7 Å². The van der Waals surface area contributed by atoms with Crippen LogP contribution in [0.3, 0.4) is 0 Å². The van der Waals surface area contributed by atoms with E-state index in [4.69, 9.17) is 9.47 Å². The zero-order valence-corrected chi connectivity index (χ0v) is 18.7. The molecule has 1 saturated heterocycles. The van der Waals surface area contributed by atoms with Crippen LogP contribution < -0.4 is 0 Å². The molecule has 0 unspecified atom stereocenters. The van der Waals surface area contributed by atoms with Gasteiger partial charge in [-0.3, -0.25) is 0 Å². The number of benzene rings is 1. The van der Waals surface area contributed by atoms with Crippen molar-refractivity contribution in [1.82, 2.24) is 0 Å². The Labute approximate surface area is 181 Å². The van der Waals surface area contributed by atoms with E-state index in [0.717, 1.165) is 37.7 Å². The molecule has 164 valence electrons. The van der Waals surface area contributed by atoms with Gasteiger partial charge in [0, 0.05) is 5.41 Å². The van der Waals surface area contributed by atoms with Gasteiger partial charge >= 0.3 is 0 Å². The molecular weight excluding hydrogens is 372 g/mol. The maximum atomic E-state index is 10.5. The molecule has 0 aromatic heterocycles. The van der Waals surface area contributed by atoms with Crippen molar-refractivity contribution in [2.75, 3.05) is 6.61 Å². The quantitative estimate of drug-likeness (QED) is 0.683. The second-order valence-corrected chi connectivity index (χ2v) is 11.8. The molecule has 4 saturated carbocycles. The smallest absolute Gasteiger partial charge is 0.0972 e. The summed E-state index contributed by atoms with van der Waals surface area (Å²) >= 11 is 0. The van der Waals surface area contributed by atoms with Gasteiger partial charge in [-0.05, 0) is 86.0 Å². The van der Waals surface area contributed by atoms with Gasteiger partial charge in [-0.25, -0.2) is 0 Å². The van der Waals surface area contributed by atoms with E-state index in [1.54, 1.807) is 0 Å². The lowest BCUT2D eigenvalue weighted by molar-refractivity contribution is -0.190. The normalized spacial score (nSPS) is 51.8. The Balaban J connectivity index is 1.33. The fourth-order valence-corrected chi connectivity index (χ4v) is 8.78. The minimum Gasteiger partial charge on any atom is -0.393 e. The number of aliphatic hydroxyl groups excluding tert-OH is 1. The predicted octanol–water partition coefficient (Wildman–Crippen LogP) is 5.35. The van der Waals surface area contributed by atoms with Crippen molar-refractivity contribution < 1.29 is 14.6 Å². The molecule has 1 aromatic rings. The Kier molecular flexibility index (Phi) is 4.48. The lowest BCUT2D eigenvalue weighted by Gasteiger charge is -2.62. The first-order valence-corrected chi connectivity index (χ1v) is 12.4. The van der Waals surface area contributed by atoms with Crippen LogP contribution in [0.25, 0.3) is 0 Å². The summed E-state index contributed by atoms with van der Waals surface area (Å²) in [6, 6.07) is 10.7. The minimum atomic E-state index is -0.113. The molecule has 1 aliphatic heterocycles.